The number of fused-ring (bicyclic) bond motifs is 1. The lowest BCUT2D eigenvalue weighted by Crippen LogP contribution is -2.33. The lowest BCUT2D eigenvalue weighted by Gasteiger charge is -2.25. The van der Waals surface area contributed by atoms with Crippen molar-refractivity contribution in [2.45, 2.75) is 32.6 Å². The zero-order valence-corrected chi connectivity index (χ0v) is 13.1. The van der Waals surface area contributed by atoms with Gasteiger partial charge in [0.05, 0.1) is 4.88 Å². The van der Waals surface area contributed by atoms with E-state index in [-0.39, 0.29) is 17.0 Å². The second kappa shape index (κ2) is 5.85. The topological polar surface area (TPSA) is 29.1 Å². The van der Waals surface area contributed by atoms with Gasteiger partial charge in [0.15, 0.2) is 5.78 Å². The first-order valence-corrected chi connectivity index (χ1v) is 8.41. The predicted octanol–water partition coefficient (Wildman–Crippen LogP) is 4.39. The zero-order valence-electron chi connectivity index (χ0n) is 12.2. The van der Waals surface area contributed by atoms with E-state index in [0.29, 0.717) is 10.3 Å². The molecule has 1 saturated heterocycles. The molecule has 1 atom stereocenters. The maximum atomic E-state index is 13.8. The molecule has 1 unspecified atom stereocenters. The lowest BCUT2D eigenvalue weighted by molar-refractivity contribution is 0.0804. The first kappa shape index (κ1) is 14.7. The largest absolute Gasteiger partial charge is 0.316 e. The Balaban J connectivity index is 1.96. The quantitative estimate of drug-likeness (QED) is 0.830. The van der Waals surface area contributed by atoms with Crippen LogP contribution in [0.25, 0.3) is 10.1 Å². The van der Waals surface area contributed by atoms with Crippen molar-refractivity contribution in [3.63, 3.8) is 0 Å². The van der Waals surface area contributed by atoms with Gasteiger partial charge in [0, 0.05) is 22.0 Å². The summed E-state index contributed by atoms with van der Waals surface area (Å²) >= 11 is 1.42. The molecule has 0 aliphatic carbocycles. The Morgan fingerprint density at radius 3 is 3.00 bits per heavy atom. The van der Waals surface area contributed by atoms with E-state index in [0.717, 1.165) is 43.5 Å². The van der Waals surface area contributed by atoms with E-state index in [9.17, 15) is 9.18 Å². The maximum absolute atomic E-state index is 13.8. The van der Waals surface area contributed by atoms with Gasteiger partial charge >= 0.3 is 0 Å². The van der Waals surface area contributed by atoms with Crippen molar-refractivity contribution in [2.75, 3.05) is 13.1 Å². The molecule has 1 aromatic carbocycles. The number of hydrogen-bond donors (Lipinski definition) is 1. The van der Waals surface area contributed by atoms with Crippen molar-refractivity contribution in [1.82, 2.24) is 5.32 Å². The molecule has 2 aromatic rings. The van der Waals surface area contributed by atoms with E-state index >= 15 is 0 Å². The third-order valence-electron chi connectivity index (χ3n) is 4.47. The first-order valence-electron chi connectivity index (χ1n) is 7.60. The summed E-state index contributed by atoms with van der Waals surface area (Å²) in [4.78, 5) is 13.7. The number of benzene rings is 1. The van der Waals surface area contributed by atoms with Crippen LogP contribution in [0.1, 0.15) is 42.3 Å². The molecule has 0 bridgehead atoms. The van der Waals surface area contributed by atoms with E-state index in [1.807, 2.05) is 6.07 Å². The molecule has 0 amide bonds. The van der Waals surface area contributed by atoms with Gasteiger partial charge in [0.2, 0.25) is 0 Å². The third-order valence-corrected chi connectivity index (χ3v) is 5.57. The van der Waals surface area contributed by atoms with Crippen LogP contribution in [0, 0.1) is 11.2 Å². The Labute approximate surface area is 128 Å². The number of rotatable bonds is 5. The van der Waals surface area contributed by atoms with E-state index in [1.165, 1.54) is 17.4 Å². The van der Waals surface area contributed by atoms with E-state index in [2.05, 4.69) is 12.2 Å². The molecule has 21 heavy (non-hydrogen) atoms. The summed E-state index contributed by atoms with van der Waals surface area (Å²) in [5.74, 6) is -0.0449. The Kier molecular flexibility index (Phi) is 4.09. The van der Waals surface area contributed by atoms with Gasteiger partial charge < -0.3 is 5.32 Å². The van der Waals surface area contributed by atoms with Crippen LogP contribution in [-0.4, -0.2) is 18.9 Å². The SMILES string of the molecule is CCCCC1(C(=O)c2cc3c(F)cccc3s2)CCNC1. The zero-order chi connectivity index (χ0) is 14.9. The molecule has 1 fully saturated rings. The normalized spacial score (nSPS) is 22.0. The van der Waals surface area contributed by atoms with Gasteiger partial charge in [-0.1, -0.05) is 25.8 Å². The van der Waals surface area contributed by atoms with Crippen LogP contribution >= 0.6 is 11.3 Å². The van der Waals surface area contributed by atoms with Crippen molar-refractivity contribution < 1.29 is 9.18 Å². The highest BCUT2D eigenvalue weighted by atomic mass is 32.1. The van der Waals surface area contributed by atoms with Crippen molar-refractivity contribution in [3.05, 3.63) is 35.0 Å². The molecule has 0 radical (unpaired) electrons. The molecule has 4 heteroatoms. The second-order valence-electron chi connectivity index (χ2n) is 5.90. The van der Waals surface area contributed by atoms with Crippen molar-refractivity contribution in [1.29, 1.82) is 0 Å². The van der Waals surface area contributed by atoms with Crippen molar-refractivity contribution in [3.8, 4) is 0 Å². The number of halogens is 1. The van der Waals surface area contributed by atoms with E-state index < -0.39 is 0 Å². The molecular formula is C17H20FNOS. The van der Waals surface area contributed by atoms with Gasteiger partial charge in [0.25, 0.3) is 0 Å². The molecule has 0 saturated carbocycles. The van der Waals surface area contributed by atoms with Gasteiger partial charge in [-0.3, -0.25) is 4.79 Å². The van der Waals surface area contributed by atoms with Crippen LogP contribution < -0.4 is 5.32 Å². The van der Waals surface area contributed by atoms with Crippen LogP contribution in [0.15, 0.2) is 24.3 Å². The van der Waals surface area contributed by atoms with Crippen LogP contribution in [0.3, 0.4) is 0 Å². The average molecular weight is 305 g/mol. The molecule has 1 aromatic heterocycles. The summed E-state index contributed by atoms with van der Waals surface area (Å²) in [5, 5.41) is 3.90. The average Bonchev–Trinajstić information content (AvgIpc) is 3.12. The number of thiophene rings is 1. The molecular weight excluding hydrogens is 285 g/mol. The Bertz CT molecular complexity index is 658. The highest BCUT2D eigenvalue weighted by Crippen LogP contribution is 2.39. The molecule has 2 heterocycles. The number of ketones is 1. The fraction of sp³-hybridized carbons (Fsp3) is 0.471. The molecule has 3 rings (SSSR count). The number of hydrogen-bond acceptors (Lipinski definition) is 3. The molecule has 1 aliphatic heterocycles. The smallest absolute Gasteiger partial charge is 0.180 e. The lowest BCUT2D eigenvalue weighted by atomic mass is 9.77. The molecule has 1 aliphatic rings. The summed E-state index contributed by atoms with van der Waals surface area (Å²) in [6.07, 6.45) is 3.97. The van der Waals surface area contributed by atoms with Crippen molar-refractivity contribution >= 4 is 27.2 Å². The maximum Gasteiger partial charge on any atom is 0.180 e. The van der Waals surface area contributed by atoms with Gasteiger partial charge in [-0.15, -0.1) is 11.3 Å². The number of nitrogens with one attached hydrogen (secondary N) is 1. The minimum atomic E-state index is -0.284. The monoisotopic (exact) mass is 305 g/mol. The van der Waals surface area contributed by atoms with Crippen LogP contribution in [-0.2, 0) is 0 Å². The molecule has 112 valence electrons. The number of Topliss-reactive ketones (excluding diaryl/α,β-unsaturated/α-hetero) is 1. The number of carbonyl (C=O) groups is 1. The fourth-order valence-corrected chi connectivity index (χ4v) is 4.31. The van der Waals surface area contributed by atoms with Gasteiger partial charge in [-0.25, -0.2) is 4.39 Å². The Morgan fingerprint density at radius 2 is 2.33 bits per heavy atom. The summed E-state index contributed by atoms with van der Waals surface area (Å²) in [6.45, 7) is 3.80. The van der Waals surface area contributed by atoms with E-state index in [4.69, 9.17) is 0 Å². The van der Waals surface area contributed by atoms with Crippen molar-refractivity contribution in [2.24, 2.45) is 5.41 Å². The van der Waals surface area contributed by atoms with Gasteiger partial charge in [-0.2, -0.15) is 0 Å². The third kappa shape index (κ3) is 2.62. The highest BCUT2D eigenvalue weighted by molar-refractivity contribution is 7.20. The minimum absolute atomic E-state index is 0.196. The predicted molar refractivity (Wildman–Crippen MR) is 85.6 cm³/mol. The first-order chi connectivity index (χ1) is 10.2. The summed E-state index contributed by atoms with van der Waals surface area (Å²) < 4.78 is 14.7. The minimum Gasteiger partial charge on any atom is -0.316 e. The highest BCUT2D eigenvalue weighted by Gasteiger charge is 2.41. The van der Waals surface area contributed by atoms with Crippen LogP contribution in [0.4, 0.5) is 4.39 Å². The summed E-state index contributed by atoms with van der Waals surface area (Å²) in [7, 11) is 0. The standard InChI is InChI=1S/C17H20FNOS/c1-2-3-7-17(8-9-19-11-17)16(20)15-10-12-13(18)5-4-6-14(12)21-15/h4-6,10,19H,2-3,7-9,11H2,1H3. The molecule has 2 nitrogen and oxygen atoms in total. The fourth-order valence-electron chi connectivity index (χ4n) is 3.18. The second-order valence-corrected chi connectivity index (χ2v) is 6.99. The van der Waals surface area contributed by atoms with E-state index in [1.54, 1.807) is 12.1 Å². The van der Waals surface area contributed by atoms with Gasteiger partial charge in [-0.05, 0) is 37.6 Å². The summed E-state index contributed by atoms with van der Waals surface area (Å²) in [5.41, 5.74) is -0.284. The summed E-state index contributed by atoms with van der Waals surface area (Å²) in [6, 6.07) is 6.77. The van der Waals surface area contributed by atoms with Crippen LogP contribution in [0.2, 0.25) is 0 Å². The Hall–Kier alpha value is -1.26. The number of unbranched alkanes of at least 4 members (excludes halogenated alkanes) is 1. The van der Waals surface area contributed by atoms with Crippen LogP contribution in [0.5, 0.6) is 0 Å². The Morgan fingerprint density at radius 1 is 1.48 bits per heavy atom. The molecule has 1 N–H and O–H groups in total. The number of carbonyl (C=O) groups excluding carboxylic acids is 1. The molecule has 0 spiro atoms. The van der Waals surface area contributed by atoms with Gasteiger partial charge in [0.1, 0.15) is 5.82 Å².